The third-order valence-electron chi connectivity index (χ3n) is 6.16. The highest BCUT2D eigenvalue weighted by atomic mass is 15.3. The topological polar surface area (TPSA) is 47.6 Å². The molecule has 0 saturated carbocycles. The number of nitriles is 1. The molecule has 0 atom stereocenters. The van der Waals surface area contributed by atoms with Crippen LogP contribution in [0.2, 0.25) is 0 Å². The highest BCUT2D eigenvalue weighted by Gasteiger charge is 2.23. The maximum atomic E-state index is 9.73. The number of rotatable bonds is 2. The number of anilines is 2. The molecule has 30 heavy (non-hydrogen) atoms. The van der Waals surface area contributed by atoms with Crippen LogP contribution in [0.4, 0.5) is 11.5 Å². The van der Waals surface area contributed by atoms with Gasteiger partial charge in [-0.05, 0) is 56.2 Å². The van der Waals surface area contributed by atoms with Crippen molar-refractivity contribution < 1.29 is 0 Å². The van der Waals surface area contributed by atoms with E-state index in [2.05, 4.69) is 64.4 Å². The highest BCUT2D eigenvalue weighted by Crippen LogP contribution is 2.30. The summed E-state index contributed by atoms with van der Waals surface area (Å²) < 4.78 is 2.16. The normalized spacial score (nSPS) is 14.5. The Hall–Kier alpha value is -3.52. The van der Waals surface area contributed by atoms with E-state index in [1.54, 1.807) is 0 Å². The van der Waals surface area contributed by atoms with Gasteiger partial charge < -0.3 is 9.80 Å². The number of benzene rings is 2. The second kappa shape index (κ2) is 7.07. The summed E-state index contributed by atoms with van der Waals surface area (Å²) in [6.07, 6.45) is 0. The van der Waals surface area contributed by atoms with Crippen molar-refractivity contribution in [2.45, 2.75) is 20.8 Å². The molecular formula is C25H25N5. The minimum absolute atomic E-state index is 0.656. The van der Waals surface area contributed by atoms with Gasteiger partial charge in [0.25, 0.3) is 0 Å². The molecule has 0 aliphatic carbocycles. The molecule has 0 unspecified atom stereocenters. The van der Waals surface area contributed by atoms with Gasteiger partial charge in [-0.2, -0.15) is 5.26 Å². The van der Waals surface area contributed by atoms with Gasteiger partial charge in [0.1, 0.15) is 11.9 Å². The predicted octanol–water partition coefficient (Wildman–Crippen LogP) is 4.61. The maximum absolute atomic E-state index is 9.73. The number of aryl methyl sites for hydroxylation is 3. The van der Waals surface area contributed by atoms with Gasteiger partial charge in [0, 0.05) is 31.9 Å². The Kier molecular flexibility index (Phi) is 4.36. The first kappa shape index (κ1) is 18.5. The van der Waals surface area contributed by atoms with Gasteiger partial charge in [0.15, 0.2) is 5.65 Å². The first-order chi connectivity index (χ1) is 14.6. The van der Waals surface area contributed by atoms with Crippen LogP contribution in [0.3, 0.4) is 0 Å². The highest BCUT2D eigenvalue weighted by molar-refractivity contribution is 5.85. The van der Waals surface area contributed by atoms with Crippen LogP contribution in [0.1, 0.15) is 22.3 Å². The minimum Gasteiger partial charge on any atom is -0.368 e. The van der Waals surface area contributed by atoms with E-state index in [1.807, 2.05) is 25.1 Å². The van der Waals surface area contributed by atoms with E-state index in [-0.39, 0.29) is 0 Å². The molecule has 5 nitrogen and oxygen atoms in total. The van der Waals surface area contributed by atoms with E-state index in [0.717, 1.165) is 54.2 Å². The number of para-hydroxylation sites is 2. The maximum Gasteiger partial charge on any atom is 0.157 e. The van der Waals surface area contributed by atoms with Gasteiger partial charge in [-0.15, -0.1) is 0 Å². The zero-order valence-electron chi connectivity index (χ0n) is 17.7. The third kappa shape index (κ3) is 2.88. The summed E-state index contributed by atoms with van der Waals surface area (Å²) in [6.45, 7) is 10.1. The second-order valence-corrected chi connectivity index (χ2v) is 8.20. The number of nitrogens with zero attached hydrogens (tertiary/aromatic N) is 5. The van der Waals surface area contributed by atoms with Crippen molar-refractivity contribution in [2.24, 2.45) is 0 Å². The van der Waals surface area contributed by atoms with Crippen molar-refractivity contribution >= 4 is 28.2 Å². The number of pyridine rings is 1. The SMILES string of the molecule is Cc1ccc(N2CCN(c3cc(C)c(C#N)c4nc5ccccc5n34)CC2)c(C)c1. The molecule has 3 heterocycles. The van der Waals surface area contributed by atoms with Gasteiger partial charge in [-0.3, -0.25) is 4.40 Å². The lowest BCUT2D eigenvalue weighted by Gasteiger charge is -2.38. The van der Waals surface area contributed by atoms with Crippen LogP contribution >= 0.6 is 0 Å². The Morgan fingerprint density at radius 2 is 1.60 bits per heavy atom. The first-order valence-electron chi connectivity index (χ1n) is 10.4. The Balaban J connectivity index is 1.54. The molecule has 0 spiro atoms. The summed E-state index contributed by atoms with van der Waals surface area (Å²) in [5, 5.41) is 9.73. The zero-order chi connectivity index (χ0) is 20.8. The van der Waals surface area contributed by atoms with Crippen LogP contribution in [0.5, 0.6) is 0 Å². The fourth-order valence-electron chi connectivity index (χ4n) is 4.64. The molecule has 1 saturated heterocycles. The summed E-state index contributed by atoms with van der Waals surface area (Å²) in [5.41, 5.74) is 8.33. The van der Waals surface area contributed by atoms with E-state index in [9.17, 15) is 5.26 Å². The van der Waals surface area contributed by atoms with Crippen LogP contribution in [0, 0.1) is 32.1 Å². The molecule has 0 N–H and O–H groups in total. The van der Waals surface area contributed by atoms with Gasteiger partial charge in [0.05, 0.1) is 16.6 Å². The van der Waals surface area contributed by atoms with E-state index in [1.165, 1.54) is 16.8 Å². The summed E-state index contributed by atoms with van der Waals surface area (Å²) in [5.74, 6) is 1.12. The van der Waals surface area contributed by atoms with Crippen molar-refractivity contribution in [1.82, 2.24) is 9.38 Å². The molecule has 0 radical (unpaired) electrons. The van der Waals surface area contributed by atoms with Crippen LogP contribution in [-0.2, 0) is 0 Å². The zero-order valence-corrected chi connectivity index (χ0v) is 17.7. The predicted molar refractivity (Wildman–Crippen MR) is 122 cm³/mol. The average molecular weight is 396 g/mol. The van der Waals surface area contributed by atoms with Crippen molar-refractivity contribution in [3.63, 3.8) is 0 Å². The lowest BCUT2D eigenvalue weighted by molar-refractivity contribution is 0.644. The van der Waals surface area contributed by atoms with Gasteiger partial charge >= 0.3 is 0 Å². The molecule has 1 aliphatic heterocycles. The lowest BCUT2D eigenvalue weighted by Crippen LogP contribution is -2.47. The molecule has 4 aromatic rings. The van der Waals surface area contributed by atoms with Crippen molar-refractivity contribution in [3.05, 3.63) is 70.8 Å². The van der Waals surface area contributed by atoms with E-state index >= 15 is 0 Å². The number of imidazole rings is 1. The van der Waals surface area contributed by atoms with E-state index < -0.39 is 0 Å². The largest absolute Gasteiger partial charge is 0.368 e. The van der Waals surface area contributed by atoms with Crippen molar-refractivity contribution in [2.75, 3.05) is 36.0 Å². The molecule has 150 valence electrons. The molecule has 0 amide bonds. The number of fused-ring (bicyclic) bond motifs is 3. The molecule has 0 bridgehead atoms. The molecule has 5 heteroatoms. The molecule has 1 fully saturated rings. The first-order valence-corrected chi connectivity index (χ1v) is 10.4. The molecule has 1 aliphatic rings. The third-order valence-corrected chi connectivity index (χ3v) is 6.16. The minimum atomic E-state index is 0.656. The molecular weight excluding hydrogens is 370 g/mol. The summed E-state index contributed by atoms with van der Waals surface area (Å²) in [4.78, 5) is 9.69. The summed E-state index contributed by atoms with van der Waals surface area (Å²) in [6, 6.07) is 19.3. The van der Waals surface area contributed by atoms with E-state index in [4.69, 9.17) is 4.98 Å². The van der Waals surface area contributed by atoms with E-state index in [0.29, 0.717) is 5.56 Å². The Bertz CT molecular complexity index is 1300. The van der Waals surface area contributed by atoms with Gasteiger partial charge in [0.2, 0.25) is 0 Å². The van der Waals surface area contributed by atoms with Crippen LogP contribution in [-0.4, -0.2) is 35.6 Å². The number of hydrogen-bond donors (Lipinski definition) is 0. The lowest BCUT2D eigenvalue weighted by atomic mass is 10.1. The smallest absolute Gasteiger partial charge is 0.157 e. The van der Waals surface area contributed by atoms with Crippen molar-refractivity contribution in [1.29, 1.82) is 5.26 Å². The van der Waals surface area contributed by atoms with Crippen LogP contribution in [0.15, 0.2) is 48.5 Å². The molecule has 5 rings (SSSR count). The number of aromatic nitrogens is 2. The van der Waals surface area contributed by atoms with Crippen LogP contribution < -0.4 is 9.80 Å². The average Bonchev–Trinajstić information content (AvgIpc) is 3.13. The second-order valence-electron chi connectivity index (χ2n) is 8.20. The van der Waals surface area contributed by atoms with Crippen LogP contribution in [0.25, 0.3) is 16.7 Å². The molecule has 2 aromatic carbocycles. The summed E-state index contributed by atoms with van der Waals surface area (Å²) >= 11 is 0. The summed E-state index contributed by atoms with van der Waals surface area (Å²) in [7, 11) is 0. The Labute approximate surface area is 176 Å². The fraction of sp³-hybridized carbons (Fsp3) is 0.280. The Morgan fingerprint density at radius 1 is 0.867 bits per heavy atom. The Morgan fingerprint density at radius 3 is 2.33 bits per heavy atom. The van der Waals surface area contributed by atoms with Crippen molar-refractivity contribution in [3.8, 4) is 6.07 Å². The monoisotopic (exact) mass is 395 g/mol. The number of piperazine rings is 1. The quantitative estimate of drug-likeness (QED) is 0.497. The van der Waals surface area contributed by atoms with Gasteiger partial charge in [-0.1, -0.05) is 29.8 Å². The fourth-order valence-corrected chi connectivity index (χ4v) is 4.64. The molecule has 2 aromatic heterocycles. The van der Waals surface area contributed by atoms with Gasteiger partial charge in [-0.25, -0.2) is 4.98 Å². The standard InChI is InChI=1S/C25H25N5/c1-17-8-9-22(19(3)14-17)28-10-12-29(13-11-28)24-15-18(2)20(16-26)25-27-21-6-4-5-7-23(21)30(24)25/h4-9,14-15H,10-13H2,1-3H3. The number of hydrogen-bond acceptors (Lipinski definition) is 4.